The number of hydrogen-bond acceptors (Lipinski definition) is 9. The third kappa shape index (κ3) is 4.36. The van der Waals surface area contributed by atoms with E-state index in [1.54, 1.807) is 6.20 Å². The van der Waals surface area contributed by atoms with Crippen LogP contribution in [0.2, 0.25) is 0 Å². The molecule has 2 N–H and O–H groups in total. The molecule has 0 spiro atoms. The molecule has 2 aliphatic heterocycles. The maximum absolute atomic E-state index is 4.86. The van der Waals surface area contributed by atoms with Crippen molar-refractivity contribution in [2.75, 3.05) is 54.4 Å². The van der Waals surface area contributed by atoms with Crippen molar-refractivity contribution in [3.63, 3.8) is 0 Å². The fourth-order valence-electron chi connectivity index (χ4n) is 4.59. The minimum Gasteiger partial charge on any atom is -0.356 e. The number of aromatic nitrogens is 6. The summed E-state index contributed by atoms with van der Waals surface area (Å²) >= 11 is 0. The van der Waals surface area contributed by atoms with E-state index in [1.165, 1.54) is 12.8 Å². The average molecular weight is 457 g/mol. The van der Waals surface area contributed by atoms with Crippen molar-refractivity contribution < 1.29 is 0 Å². The van der Waals surface area contributed by atoms with Gasteiger partial charge in [-0.15, -0.1) is 0 Å². The van der Waals surface area contributed by atoms with Crippen LogP contribution < -0.4 is 20.4 Å². The number of pyridine rings is 2. The highest BCUT2D eigenvalue weighted by Gasteiger charge is 2.20. The fraction of sp³-hybridized carbons (Fsp3) is 0.375. The summed E-state index contributed by atoms with van der Waals surface area (Å²) in [5.74, 6) is 3.21. The van der Waals surface area contributed by atoms with E-state index < -0.39 is 0 Å². The lowest BCUT2D eigenvalue weighted by Gasteiger charge is -2.29. The van der Waals surface area contributed by atoms with Crippen molar-refractivity contribution in [2.45, 2.75) is 19.4 Å². The van der Waals surface area contributed by atoms with Gasteiger partial charge in [-0.3, -0.25) is 9.67 Å². The van der Waals surface area contributed by atoms with Crippen LogP contribution in [0.3, 0.4) is 0 Å². The van der Waals surface area contributed by atoms with Crippen molar-refractivity contribution in [1.29, 1.82) is 0 Å². The van der Waals surface area contributed by atoms with Crippen LogP contribution in [0.5, 0.6) is 0 Å². The molecule has 0 saturated carbocycles. The van der Waals surface area contributed by atoms with Gasteiger partial charge in [-0.05, 0) is 24.5 Å². The van der Waals surface area contributed by atoms with Crippen molar-refractivity contribution in [3.05, 3.63) is 54.6 Å². The normalized spacial score (nSPS) is 16.4. The highest BCUT2D eigenvalue weighted by atomic mass is 15.3. The third-order valence-corrected chi connectivity index (χ3v) is 6.39. The second-order valence-corrected chi connectivity index (χ2v) is 8.76. The number of rotatable bonds is 6. The number of hydrogen-bond donors (Lipinski definition) is 2. The van der Waals surface area contributed by atoms with Gasteiger partial charge in [-0.1, -0.05) is 6.07 Å². The highest BCUT2D eigenvalue weighted by Crippen LogP contribution is 2.26. The van der Waals surface area contributed by atoms with Crippen LogP contribution in [0, 0.1) is 0 Å². The van der Waals surface area contributed by atoms with Gasteiger partial charge in [0.1, 0.15) is 17.5 Å². The molecule has 34 heavy (non-hydrogen) atoms. The van der Waals surface area contributed by atoms with Crippen LogP contribution in [0.1, 0.15) is 18.4 Å². The van der Waals surface area contributed by atoms with Gasteiger partial charge < -0.3 is 20.4 Å². The van der Waals surface area contributed by atoms with Crippen molar-refractivity contribution in [3.8, 4) is 0 Å². The highest BCUT2D eigenvalue weighted by molar-refractivity contribution is 5.81. The summed E-state index contributed by atoms with van der Waals surface area (Å²) < 4.78 is 1.97. The largest absolute Gasteiger partial charge is 0.356 e. The van der Waals surface area contributed by atoms with Crippen molar-refractivity contribution >= 4 is 34.3 Å². The summed E-state index contributed by atoms with van der Waals surface area (Å²) in [6, 6.07) is 8.13. The van der Waals surface area contributed by atoms with Crippen molar-refractivity contribution in [1.82, 2.24) is 35.0 Å². The van der Waals surface area contributed by atoms with Gasteiger partial charge in [0, 0.05) is 75.4 Å². The van der Waals surface area contributed by atoms with Crippen LogP contribution in [0.25, 0.3) is 10.9 Å². The number of piperazine rings is 1. The van der Waals surface area contributed by atoms with E-state index in [-0.39, 0.29) is 0 Å². The molecule has 0 bridgehead atoms. The first-order valence-electron chi connectivity index (χ1n) is 11.9. The Morgan fingerprint density at radius 2 is 1.71 bits per heavy atom. The molecule has 0 aromatic carbocycles. The first kappa shape index (κ1) is 20.8. The molecule has 2 saturated heterocycles. The molecule has 4 aromatic heterocycles. The summed E-state index contributed by atoms with van der Waals surface area (Å²) in [6.07, 6.45) is 9.73. The van der Waals surface area contributed by atoms with E-state index in [9.17, 15) is 0 Å². The predicted octanol–water partition coefficient (Wildman–Crippen LogP) is 2.42. The number of anilines is 4. The zero-order valence-corrected chi connectivity index (χ0v) is 19.1. The summed E-state index contributed by atoms with van der Waals surface area (Å²) in [5.41, 5.74) is 2.10. The van der Waals surface area contributed by atoms with E-state index in [0.29, 0.717) is 18.3 Å². The molecule has 0 radical (unpaired) electrons. The molecule has 10 heteroatoms. The minimum absolute atomic E-state index is 0.572. The molecule has 10 nitrogen and oxygen atoms in total. The Morgan fingerprint density at radius 3 is 2.47 bits per heavy atom. The molecule has 4 aromatic rings. The van der Waals surface area contributed by atoms with Crippen LogP contribution in [0.4, 0.5) is 23.4 Å². The van der Waals surface area contributed by atoms with Crippen molar-refractivity contribution in [2.24, 2.45) is 0 Å². The van der Waals surface area contributed by atoms with Crippen LogP contribution in [0.15, 0.2) is 49.1 Å². The van der Waals surface area contributed by atoms with Gasteiger partial charge in [0.15, 0.2) is 0 Å². The van der Waals surface area contributed by atoms with E-state index in [0.717, 1.165) is 67.4 Å². The lowest BCUT2D eigenvalue weighted by Crippen LogP contribution is -2.44. The number of nitrogens with zero attached hydrogens (tertiary/aromatic N) is 8. The SMILES string of the molecule is c1cncc(Cn2ncc3cnc(Nc4nc(N5CCCC5)cc(N5CCNCC5)n4)cc32)c1. The van der Waals surface area contributed by atoms with E-state index in [1.807, 2.05) is 35.4 Å². The molecule has 0 aliphatic carbocycles. The molecule has 0 amide bonds. The Labute approximate surface area is 198 Å². The lowest BCUT2D eigenvalue weighted by atomic mass is 10.3. The summed E-state index contributed by atoms with van der Waals surface area (Å²) in [6.45, 7) is 6.52. The smallest absolute Gasteiger partial charge is 0.232 e. The summed E-state index contributed by atoms with van der Waals surface area (Å²) in [7, 11) is 0. The Bertz CT molecular complexity index is 1260. The molecular weight excluding hydrogens is 428 g/mol. The molecule has 6 heterocycles. The molecule has 0 unspecified atom stereocenters. The van der Waals surface area contributed by atoms with Crippen LogP contribution in [-0.2, 0) is 6.54 Å². The molecule has 6 rings (SSSR count). The summed E-state index contributed by atoms with van der Waals surface area (Å²) in [4.78, 5) is 23.2. The average Bonchev–Trinajstić information content (AvgIpc) is 3.56. The fourth-order valence-corrected chi connectivity index (χ4v) is 4.59. The first-order chi connectivity index (χ1) is 16.8. The minimum atomic E-state index is 0.572. The zero-order valence-electron chi connectivity index (χ0n) is 19.1. The van der Waals surface area contributed by atoms with Gasteiger partial charge in [0.25, 0.3) is 0 Å². The van der Waals surface area contributed by atoms with Gasteiger partial charge in [0.05, 0.1) is 18.3 Å². The number of fused-ring (bicyclic) bond motifs is 1. The Balaban J connectivity index is 1.31. The van der Waals surface area contributed by atoms with Crippen LogP contribution in [-0.4, -0.2) is 69.0 Å². The summed E-state index contributed by atoms with van der Waals surface area (Å²) in [5, 5.41) is 12.3. The molecule has 174 valence electrons. The third-order valence-electron chi connectivity index (χ3n) is 6.39. The predicted molar refractivity (Wildman–Crippen MR) is 133 cm³/mol. The van der Waals surface area contributed by atoms with Gasteiger partial charge in [-0.25, -0.2) is 4.98 Å². The Hall–Kier alpha value is -3.79. The second-order valence-electron chi connectivity index (χ2n) is 8.76. The lowest BCUT2D eigenvalue weighted by molar-refractivity contribution is 0.584. The zero-order chi connectivity index (χ0) is 22.7. The van der Waals surface area contributed by atoms with Gasteiger partial charge >= 0.3 is 0 Å². The maximum Gasteiger partial charge on any atom is 0.232 e. The molecule has 0 atom stereocenters. The Kier molecular flexibility index (Phi) is 5.64. The maximum atomic E-state index is 4.86. The monoisotopic (exact) mass is 456 g/mol. The van der Waals surface area contributed by atoms with Gasteiger partial charge in [-0.2, -0.15) is 15.1 Å². The molecule has 2 aliphatic rings. The standard InChI is InChI=1S/C24H28N10/c1-2-9-32(8-1)22-13-23(33-10-6-25-7-11-33)31-24(30-22)29-21-12-20-19(15-27-21)16-28-34(20)17-18-4-3-5-26-14-18/h3-5,12-16,25H,1-2,6-11,17H2,(H,27,29,30,31). The Morgan fingerprint density at radius 1 is 0.912 bits per heavy atom. The first-order valence-corrected chi connectivity index (χ1v) is 11.9. The quantitative estimate of drug-likeness (QED) is 0.453. The van der Waals surface area contributed by atoms with Crippen LogP contribution >= 0.6 is 0 Å². The van der Waals surface area contributed by atoms with Gasteiger partial charge in [0.2, 0.25) is 5.95 Å². The second kappa shape index (κ2) is 9.22. The van der Waals surface area contributed by atoms with E-state index in [2.05, 4.69) is 47.6 Å². The topological polar surface area (TPSA) is 99.9 Å². The molecular formula is C24H28N10. The van der Waals surface area contributed by atoms with E-state index >= 15 is 0 Å². The van der Waals surface area contributed by atoms with E-state index in [4.69, 9.17) is 9.97 Å². The number of nitrogens with one attached hydrogen (secondary N) is 2. The molecule has 2 fully saturated rings.